The molecule has 0 atom stereocenters. The van der Waals surface area contributed by atoms with Gasteiger partial charge in [0.2, 0.25) is 0 Å². The molecule has 0 bridgehead atoms. The van der Waals surface area contributed by atoms with Crippen LogP contribution in [0.5, 0.6) is 0 Å². The van der Waals surface area contributed by atoms with Crippen LogP contribution in [0.15, 0.2) is 37.1 Å². The molecule has 3 heteroatoms. The normalized spacial score (nSPS) is 11.4. The number of aryl methyl sites for hydroxylation is 1. The lowest BCUT2D eigenvalue weighted by atomic mass is 10.1. The minimum Gasteiger partial charge on any atom is -0.187 e. The summed E-state index contributed by atoms with van der Waals surface area (Å²) in [6.07, 6.45) is 5.40. The van der Waals surface area contributed by atoms with E-state index in [1.54, 1.807) is 19.3 Å². The van der Waals surface area contributed by atoms with Crippen molar-refractivity contribution >= 4 is 5.57 Å². The van der Waals surface area contributed by atoms with Gasteiger partial charge in [-0.2, -0.15) is 15.0 Å². The van der Waals surface area contributed by atoms with Crippen molar-refractivity contribution in [2.24, 2.45) is 7.05 Å². The van der Waals surface area contributed by atoms with Crippen LogP contribution < -0.4 is 0 Å². The summed E-state index contributed by atoms with van der Waals surface area (Å²) < 4.78 is 0. The van der Waals surface area contributed by atoms with Crippen molar-refractivity contribution in [3.63, 3.8) is 0 Å². The summed E-state index contributed by atoms with van der Waals surface area (Å²) in [5.74, 6) is 0. The summed E-state index contributed by atoms with van der Waals surface area (Å²) in [6.45, 7) is 9.51. The van der Waals surface area contributed by atoms with Crippen molar-refractivity contribution < 1.29 is 0 Å². The average Bonchev–Trinajstić information content (AvgIpc) is 2.51. The van der Waals surface area contributed by atoms with E-state index in [0.29, 0.717) is 0 Å². The molecule has 0 spiro atoms. The predicted molar refractivity (Wildman–Crippen MR) is 54.0 cm³/mol. The van der Waals surface area contributed by atoms with Gasteiger partial charge in [0.05, 0.1) is 6.20 Å². The van der Waals surface area contributed by atoms with E-state index in [-0.39, 0.29) is 0 Å². The maximum Gasteiger partial charge on any atom is 0.112 e. The minimum absolute atomic E-state index is 0.795. The molecule has 1 aromatic rings. The second-order valence-corrected chi connectivity index (χ2v) is 2.84. The average molecular weight is 175 g/mol. The molecule has 13 heavy (non-hydrogen) atoms. The fraction of sp³-hybridized carbons (Fsp3) is 0.200. The fourth-order valence-corrected chi connectivity index (χ4v) is 0.901. The Kier molecular flexibility index (Phi) is 2.80. The van der Waals surface area contributed by atoms with Crippen molar-refractivity contribution in [2.45, 2.75) is 6.92 Å². The predicted octanol–water partition coefficient (Wildman–Crippen LogP) is 1.96. The lowest BCUT2D eigenvalue weighted by molar-refractivity contribution is 0.652. The van der Waals surface area contributed by atoms with Gasteiger partial charge in [-0.25, -0.2) is 0 Å². The summed E-state index contributed by atoms with van der Waals surface area (Å²) in [5, 5.41) is 8.09. The number of allylic oxidation sites excluding steroid dienone is 4. The Morgan fingerprint density at radius 2 is 2.31 bits per heavy atom. The zero-order valence-corrected chi connectivity index (χ0v) is 7.99. The van der Waals surface area contributed by atoms with Crippen molar-refractivity contribution in [2.75, 3.05) is 0 Å². The number of hydrogen-bond donors (Lipinski definition) is 0. The van der Waals surface area contributed by atoms with Crippen LogP contribution in [0.25, 0.3) is 5.57 Å². The number of nitrogens with zero attached hydrogens (tertiary/aromatic N) is 3. The van der Waals surface area contributed by atoms with Crippen LogP contribution in [-0.2, 0) is 7.05 Å². The summed E-state index contributed by atoms with van der Waals surface area (Å²) >= 11 is 0. The van der Waals surface area contributed by atoms with Gasteiger partial charge in [0.25, 0.3) is 0 Å². The monoisotopic (exact) mass is 175 g/mol. The van der Waals surface area contributed by atoms with Crippen molar-refractivity contribution in [3.05, 3.63) is 42.8 Å². The van der Waals surface area contributed by atoms with Gasteiger partial charge in [0.15, 0.2) is 0 Å². The summed E-state index contributed by atoms with van der Waals surface area (Å²) in [6, 6.07) is 0. The van der Waals surface area contributed by atoms with E-state index in [1.807, 2.05) is 13.0 Å². The van der Waals surface area contributed by atoms with Gasteiger partial charge < -0.3 is 0 Å². The van der Waals surface area contributed by atoms with Crippen LogP contribution in [0.3, 0.4) is 0 Å². The molecular formula is C10H13N3. The van der Waals surface area contributed by atoms with Crippen molar-refractivity contribution in [1.82, 2.24) is 15.0 Å². The summed E-state index contributed by atoms with van der Waals surface area (Å²) in [5.41, 5.74) is 2.71. The van der Waals surface area contributed by atoms with Crippen molar-refractivity contribution in [3.8, 4) is 0 Å². The molecule has 68 valence electrons. The summed E-state index contributed by atoms with van der Waals surface area (Å²) in [4.78, 5) is 1.51. The van der Waals surface area contributed by atoms with Gasteiger partial charge in [-0.05, 0) is 12.5 Å². The molecule has 0 fully saturated rings. The Balaban J connectivity index is 2.86. The lowest BCUT2D eigenvalue weighted by Crippen LogP contribution is -1.92. The van der Waals surface area contributed by atoms with Gasteiger partial charge >= 0.3 is 0 Å². The molecule has 0 aliphatic carbocycles. The first kappa shape index (κ1) is 9.45. The largest absolute Gasteiger partial charge is 0.187 e. The van der Waals surface area contributed by atoms with Crippen molar-refractivity contribution in [1.29, 1.82) is 0 Å². The highest BCUT2D eigenvalue weighted by molar-refractivity contribution is 5.69. The van der Waals surface area contributed by atoms with Gasteiger partial charge in [-0.3, -0.25) is 0 Å². The molecule has 0 unspecified atom stereocenters. The Bertz CT molecular complexity index is 358. The number of hydrogen-bond acceptors (Lipinski definition) is 2. The molecule has 0 saturated heterocycles. The molecule has 0 aliphatic rings. The molecule has 0 aliphatic heterocycles. The topological polar surface area (TPSA) is 30.7 Å². The van der Waals surface area contributed by atoms with E-state index in [1.165, 1.54) is 4.80 Å². The van der Waals surface area contributed by atoms with Crippen LogP contribution in [0.4, 0.5) is 0 Å². The molecule has 1 rings (SSSR count). The van der Waals surface area contributed by atoms with Crippen LogP contribution in [0, 0.1) is 0 Å². The molecule has 0 saturated carbocycles. The zero-order chi connectivity index (χ0) is 9.84. The molecule has 0 aromatic carbocycles. The highest BCUT2D eigenvalue weighted by Gasteiger charge is 1.99. The Morgan fingerprint density at radius 1 is 1.62 bits per heavy atom. The van der Waals surface area contributed by atoms with E-state index in [4.69, 9.17) is 0 Å². The molecule has 0 radical (unpaired) electrons. The second-order valence-electron chi connectivity index (χ2n) is 2.84. The first-order chi connectivity index (χ1) is 6.13. The van der Waals surface area contributed by atoms with E-state index < -0.39 is 0 Å². The smallest absolute Gasteiger partial charge is 0.112 e. The summed E-state index contributed by atoms with van der Waals surface area (Å²) in [7, 11) is 1.78. The molecule has 1 heterocycles. The molecule has 0 N–H and O–H groups in total. The molecule has 1 aromatic heterocycles. The minimum atomic E-state index is 0.795. The number of aromatic nitrogens is 3. The van der Waals surface area contributed by atoms with Gasteiger partial charge in [-0.1, -0.05) is 30.9 Å². The van der Waals surface area contributed by atoms with Crippen LogP contribution >= 0.6 is 0 Å². The van der Waals surface area contributed by atoms with E-state index in [2.05, 4.69) is 23.4 Å². The van der Waals surface area contributed by atoms with E-state index in [0.717, 1.165) is 16.8 Å². The standard InChI is InChI=1S/C10H13N3/c1-5-8(2)6-9(3)10-7-11-13(4)12-10/h5-7H,1,3H2,2,4H3/b8-6-. The first-order valence-corrected chi connectivity index (χ1v) is 4.00. The highest BCUT2D eigenvalue weighted by atomic mass is 15.4. The third-order valence-corrected chi connectivity index (χ3v) is 1.65. The van der Waals surface area contributed by atoms with Gasteiger partial charge in [0.1, 0.15) is 5.69 Å². The number of rotatable bonds is 3. The van der Waals surface area contributed by atoms with E-state index in [9.17, 15) is 0 Å². The fourth-order valence-electron chi connectivity index (χ4n) is 0.901. The first-order valence-electron chi connectivity index (χ1n) is 4.00. The zero-order valence-electron chi connectivity index (χ0n) is 7.99. The SMILES string of the molecule is C=C/C(C)=C\C(=C)c1cnn(C)n1. The maximum atomic E-state index is 4.13. The molecular weight excluding hydrogens is 162 g/mol. The molecule has 3 nitrogen and oxygen atoms in total. The third kappa shape index (κ3) is 2.40. The van der Waals surface area contributed by atoms with E-state index >= 15 is 0 Å². The van der Waals surface area contributed by atoms with Crippen LogP contribution in [-0.4, -0.2) is 15.0 Å². The Labute approximate surface area is 78.1 Å². The van der Waals surface area contributed by atoms with Gasteiger partial charge in [0, 0.05) is 7.05 Å². The third-order valence-electron chi connectivity index (χ3n) is 1.65. The second kappa shape index (κ2) is 3.85. The van der Waals surface area contributed by atoms with Gasteiger partial charge in [-0.15, -0.1) is 0 Å². The Hall–Kier alpha value is -1.64. The maximum absolute atomic E-state index is 4.13. The lowest BCUT2D eigenvalue weighted by Gasteiger charge is -1.94. The Morgan fingerprint density at radius 3 is 2.77 bits per heavy atom. The molecule has 0 amide bonds. The highest BCUT2D eigenvalue weighted by Crippen LogP contribution is 2.11. The quantitative estimate of drug-likeness (QED) is 0.657. The van der Waals surface area contributed by atoms with Crippen LogP contribution in [0.1, 0.15) is 12.6 Å². The van der Waals surface area contributed by atoms with Crippen LogP contribution in [0.2, 0.25) is 0 Å².